The van der Waals surface area contributed by atoms with E-state index in [4.69, 9.17) is 21.1 Å². The van der Waals surface area contributed by atoms with Gasteiger partial charge >= 0.3 is 11.8 Å². The van der Waals surface area contributed by atoms with Gasteiger partial charge in [-0.25, -0.2) is 5.43 Å². The molecule has 0 unspecified atom stereocenters. The van der Waals surface area contributed by atoms with Crippen molar-refractivity contribution in [2.75, 3.05) is 24.4 Å². The fourth-order valence-electron chi connectivity index (χ4n) is 3.18. The summed E-state index contributed by atoms with van der Waals surface area (Å²) in [4.78, 5) is 36.3. The smallest absolute Gasteiger partial charge is 0.329 e. The Kier molecular flexibility index (Phi) is 9.01. The Morgan fingerprint density at radius 3 is 2.33 bits per heavy atom. The first-order valence-electron chi connectivity index (χ1n) is 10.8. The summed E-state index contributed by atoms with van der Waals surface area (Å²) in [7, 11) is 1.46. The number of methoxy groups -OCH3 is 1. The molecule has 0 saturated carbocycles. The number of hydrazone groups is 1. The molecule has 0 atom stereocenters. The van der Waals surface area contributed by atoms with E-state index >= 15 is 0 Å². The van der Waals surface area contributed by atoms with Crippen molar-refractivity contribution in [1.29, 1.82) is 0 Å². The number of hydrogen-bond acceptors (Lipinski definition) is 6. The van der Waals surface area contributed by atoms with E-state index in [1.165, 1.54) is 19.4 Å². The van der Waals surface area contributed by atoms with Crippen LogP contribution >= 0.6 is 11.6 Å². The highest BCUT2D eigenvalue weighted by molar-refractivity contribution is 6.39. The van der Waals surface area contributed by atoms with Crippen molar-refractivity contribution >= 4 is 46.9 Å². The molecule has 0 aromatic heterocycles. The Balaban J connectivity index is 1.54. The highest BCUT2D eigenvalue weighted by atomic mass is 35.5. The molecule has 0 aliphatic heterocycles. The molecule has 0 aliphatic rings. The van der Waals surface area contributed by atoms with Gasteiger partial charge in [0.25, 0.3) is 5.91 Å². The third kappa shape index (κ3) is 7.31. The zero-order chi connectivity index (χ0) is 26.1. The largest absolute Gasteiger partial charge is 0.493 e. The highest BCUT2D eigenvalue weighted by Gasteiger charge is 2.13. The zero-order valence-corrected chi connectivity index (χ0v) is 20.7. The van der Waals surface area contributed by atoms with Gasteiger partial charge in [0.05, 0.1) is 13.3 Å². The van der Waals surface area contributed by atoms with Gasteiger partial charge < -0.3 is 20.1 Å². The summed E-state index contributed by atoms with van der Waals surface area (Å²) in [6, 6.07) is 17.0. The molecule has 10 heteroatoms. The minimum atomic E-state index is -0.951. The van der Waals surface area contributed by atoms with Crippen LogP contribution in [0.3, 0.4) is 0 Å². The van der Waals surface area contributed by atoms with Crippen LogP contribution in [0.15, 0.2) is 65.8 Å². The van der Waals surface area contributed by atoms with E-state index in [0.29, 0.717) is 27.8 Å². The lowest BCUT2D eigenvalue weighted by Gasteiger charge is -2.13. The number of amides is 3. The SMILES string of the molecule is COc1cc(/C=N\NC(=O)C(=O)Nc2cccc(Cl)c2)ccc1OCC(=O)Nc1c(C)cccc1C. The maximum Gasteiger partial charge on any atom is 0.329 e. The van der Waals surface area contributed by atoms with Gasteiger partial charge in [-0.2, -0.15) is 5.10 Å². The fourth-order valence-corrected chi connectivity index (χ4v) is 3.37. The van der Waals surface area contributed by atoms with Gasteiger partial charge in [-0.15, -0.1) is 0 Å². The molecular formula is C26H25ClN4O5. The van der Waals surface area contributed by atoms with Crippen molar-refractivity contribution in [3.05, 3.63) is 82.4 Å². The van der Waals surface area contributed by atoms with Crippen molar-refractivity contribution in [3.8, 4) is 11.5 Å². The number of nitrogens with zero attached hydrogens (tertiary/aromatic N) is 1. The second-order valence-electron chi connectivity index (χ2n) is 7.68. The lowest BCUT2D eigenvalue weighted by molar-refractivity contribution is -0.136. The van der Waals surface area contributed by atoms with Gasteiger partial charge in [0.2, 0.25) is 0 Å². The highest BCUT2D eigenvalue weighted by Crippen LogP contribution is 2.28. The first-order chi connectivity index (χ1) is 17.3. The van der Waals surface area contributed by atoms with Crippen LogP contribution in [0.4, 0.5) is 11.4 Å². The van der Waals surface area contributed by atoms with Crippen molar-refractivity contribution in [2.45, 2.75) is 13.8 Å². The first-order valence-corrected chi connectivity index (χ1v) is 11.2. The molecule has 0 aliphatic carbocycles. The summed E-state index contributed by atoms with van der Waals surface area (Å²) < 4.78 is 11.0. The zero-order valence-electron chi connectivity index (χ0n) is 19.9. The van der Waals surface area contributed by atoms with E-state index in [1.807, 2.05) is 32.0 Å². The third-order valence-corrected chi connectivity index (χ3v) is 5.20. The second-order valence-corrected chi connectivity index (χ2v) is 8.11. The first kappa shape index (κ1) is 26.2. The second kappa shape index (κ2) is 12.4. The fraction of sp³-hybridized carbons (Fsp3) is 0.154. The number of anilines is 2. The van der Waals surface area contributed by atoms with Crippen LogP contribution in [-0.2, 0) is 14.4 Å². The number of aryl methyl sites for hydroxylation is 2. The molecule has 36 heavy (non-hydrogen) atoms. The summed E-state index contributed by atoms with van der Waals surface area (Å²) in [5.41, 5.74) is 5.77. The molecular weight excluding hydrogens is 484 g/mol. The van der Waals surface area contributed by atoms with Crippen molar-refractivity contribution in [3.63, 3.8) is 0 Å². The number of halogens is 1. The maximum atomic E-state index is 12.4. The van der Waals surface area contributed by atoms with E-state index in [1.54, 1.807) is 36.4 Å². The molecule has 0 fully saturated rings. The predicted octanol–water partition coefficient (Wildman–Crippen LogP) is 4.07. The molecule has 3 rings (SSSR count). The Bertz CT molecular complexity index is 1290. The average Bonchev–Trinajstić information content (AvgIpc) is 2.85. The van der Waals surface area contributed by atoms with E-state index in [9.17, 15) is 14.4 Å². The molecule has 0 spiro atoms. The van der Waals surface area contributed by atoms with Crippen LogP contribution in [0.1, 0.15) is 16.7 Å². The van der Waals surface area contributed by atoms with Crippen LogP contribution in [0, 0.1) is 13.8 Å². The van der Waals surface area contributed by atoms with Crippen LogP contribution < -0.4 is 25.5 Å². The van der Waals surface area contributed by atoms with Gasteiger partial charge in [0.15, 0.2) is 18.1 Å². The lowest BCUT2D eigenvalue weighted by atomic mass is 10.1. The number of rotatable bonds is 8. The van der Waals surface area contributed by atoms with Crippen molar-refractivity contribution in [1.82, 2.24) is 5.43 Å². The van der Waals surface area contributed by atoms with Crippen LogP contribution in [0.2, 0.25) is 5.02 Å². The minimum absolute atomic E-state index is 0.213. The molecule has 9 nitrogen and oxygen atoms in total. The molecule has 0 bridgehead atoms. The number of nitrogens with one attached hydrogen (secondary N) is 3. The summed E-state index contributed by atoms with van der Waals surface area (Å²) in [5, 5.41) is 9.50. The van der Waals surface area contributed by atoms with Gasteiger partial charge in [0, 0.05) is 16.4 Å². The van der Waals surface area contributed by atoms with E-state index in [2.05, 4.69) is 21.2 Å². The summed E-state index contributed by atoms with van der Waals surface area (Å²) >= 11 is 5.86. The van der Waals surface area contributed by atoms with E-state index < -0.39 is 11.8 Å². The molecule has 3 aromatic rings. The van der Waals surface area contributed by atoms with Crippen LogP contribution in [0.5, 0.6) is 11.5 Å². The summed E-state index contributed by atoms with van der Waals surface area (Å²) in [5.74, 6) is -1.43. The molecule has 0 radical (unpaired) electrons. The number of para-hydroxylation sites is 1. The van der Waals surface area contributed by atoms with E-state index in [-0.39, 0.29) is 12.5 Å². The third-order valence-electron chi connectivity index (χ3n) is 4.96. The molecule has 3 N–H and O–H groups in total. The minimum Gasteiger partial charge on any atom is -0.493 e. The van der Waals surface area contributed by atoms with Crippen molar-refractivity contribution < 1.29 is 23.9 Å². The quantitative estimate of drug-likeness (QED) is 0.241. The Morgan fingerprint density at radius 1 is 0.917 bits per heavy atom. The molecule has 3 aromatic carbocycles. The van der Waals surface area contributed by atoms with Gasteiger partial charge in [0.1, 0.15) is 0 Å². The summed E-state index contributed by atoms with van der Waals surface area (Å²) in [6.45, 7) is 3.62. The van der Waals surface area contributed by atoms with Crippen LogP contribution in [-0.4, -0.2) is 37.7 Å². The van der Waals surface area contributed by atoms with Gasteiger partial charge in [-0.1, -0.05) is 35.9 Å². The number of ether oxygens (including phenoxy) is 2. The van der Waals surface area contributed by atoms with Gasteiger partial charge in [-0.3, -0.25) is 14.4 Å². The molecule has 0 saturated heterocycles. The number of carbonyl (C=O) groups is 3. The number of benzene rings is 3. The molecule has 0 heterocycles. The number of carbonyl (C=O) groups excluding carboxylic acids is 3. The van der Waals surface area contributed by atoms with Crippen molar-refractivity contribution in [2.24, 2.45) is 5.10 Å². The van der Waals surface area contributed by atoms with Crippen LogP contribution in [0.25, 0.3) is 0 Å². The normalized spacial score (nSPS) is 10.6. The topological polar surface area (TPSA) is 118 Å². The number of hydrogen-bond donors (Lipinski definition) is 3. The standard InChI is InChI=1S/C26H25ClN4O5/c1-16-6-4-7-17(2)24(16)30-23(32)15-36-21-11-10-18(12-22(21)35-3)14-28-31-26(34)25(33)29-20-9-5-8-19(27)13-20/h4-14H,15H2,1-3H3,(H,29,33)(H,30,32)(H,31,34)/b28-14-. The Morgan fingerprint density at radius 2 is 1.64 bits per heavy atom. The molecule has 186 valence electrons. The Labute approximate surface area is 213 Å². The maximum absolute atomic E-state index is 12.4. The summed E-state index contributed by atoms with van der Waals surface area (Å²) in [6.07, 6.45) is 1.34. The lowest BCUT2D eigenvalue weighted by Crippen LogP contribution is -2.32. The monoisotopic (exact) mass is 508 g/mol. The van der Waals surface area contributed by atoms with Gasteiger partial charge in [-0.05, 0) is 66.9 Å². The average molecular weight is 509 g/mol. The van der Waals surface area contributed by atoms with E-state index in [0.717, 1.165) is 16.8 Å². The molecule has 3 amide bonds. The Hall–Kier alpha value is -4.37. The predicted molar refractivity (Wildman–Crippen MR) is 139 cm³/mol.